The standard InChI is InChI=1S/C38H41F2NO.ClH/c1-29-37-28-35(40)21-18-31(37)23-27-41(29)26-9-25-38(32-10-4-2-5-11-32,33-12-6-3-7-13-33)24-8-14-36(42)22-17-30-15-19-34(39)20-16-30;/h2-7,10-13,15-16,18-21,28-29H,8-9,14,17,22-27H2,1H3;1H. The number of halogens is 3. The van der Waals surface area contributed by atoms with Crippen LogP contribution in [0, 0.1) is 11.6 Å². The van der Waals surface area contributed by atoms with Gasteiger partial charge in [0.25, 0.3) is 0 Å². The summed E-state index contributed by atoms with van der Waals surface area (Å²) in [6, 6.07) is 33.3. The zero-order valence-corrected chi connectivity index (χ0v) is 25.8. The van der Waals surface area contributed by atoms with Gasteiger partial charge in [-0.1, -0.05) is 78.9 Å². The maximum absolute atomic E-state index is 14.0. The number of aryl methyl sites for hydroxylation is 1. The van der Waals surface area contributed by atoms with E-state index in [2.05, 4.69) is 72.5 Å². The summed E-state index contributed by atoms with van der Waals surface area (Å²) >= 11 is 0. The molecule has 0 saturated heterocycles. The van der Waals surface area contributed by atoms with Crippen molar-refractivity contribution in [1.29, 1.82) is 0 Å². The molecule has 4 aromatic carbocycles. The Labute approximate surface area is 261 Å². The maximum atomic E-state index is 14.0. The molecule has 0 aromatic heterocycles. The van der Waals surface area contributed by atoms with E-state index in [0.29, 0.717) is 19.3 Å². The second-order valence-electron chi connectivity index (χ2n) is 11.7. The molecule has 0 aliphatic carbocycles. The Balaban J connectivity index is 0.00000423. The smallest absolute Gasteiger partial charge is 0.133 e. The van der Waals surface area contributed by atoms with Crippen LogP contribution in [0.5, 0.6) is 0 Å². The Hall–Kier alpha value is -3.34. The van der Waals surface area contributed by atoms with Gasteiger partial charge in [-0.3, -0.25) is 9.69 Å². The van der Waals surface area contributed by atoms with Crippen molar-refractivity contribution in [3.8, 4) is 0 Å². The number of nitrogens with zero attached hydrogens (tertiary/aromatic N) is 1. The molecule has 43 heavy (non-hydrogen) atoms. The molecule has 5 rings (SSSR count). The van der Waals surface area contributed by atoms with Gasteiger partial charge in [-0.05, 0) is 104 Å². The van der Waals surface area contributed by atoms with E-state index in [-0.39, 0.29) is 41.3 Å². The third kappa shape index (κ3) is 8.19. The fourth-order valence-corrected chi connectivity index (χ4v) is 6.76. The van der Waals surface area contributed by atoms with Crippen molar-refractivity contribution in [2.45, 2.75) is 69.7 Å². The van der Waals surface area contributed by atoms with Gasteiger partial charge in [-0.25, -0.2) is 8.78 Å². The van der Waals surface area contributed by atoms with Crippen LogP contribution in [0.25, 0.3) is 0 Å². The van der Waals surface area contributed by atoms with Crippen molar-refractivity contribution in [2.24, 2.45) is 0 Å². The normalized spacial score (nSPS) is 15.0. The average Bonchev–Trinajstić information content (AvgIpc) is 3.02. The Morgan fingerprint density at radius 1 is 0.791 bits per heavy atom. The second kappa shape index (κ2) is 15.4. The van der Waals surface area contributed by atoms with Gasteiger partial charge in [0.15, 0.2) is 0 Å². The fraction of sp³-hybridized carbons (Fsp3) is 0.342. The SMILES string of the molecule is CC1c2cc(F)ccc2CCN1CCCC(CCCC(=O)CCc1ccc(F)cc1)(c1ccccc1)c1ccccc1.Cl. The van der Waals surface area contributed by atoms with Gasteiger partial charge >= 0.3 is 0 Å². The van der Waals surface area contributed by atoms with Gasteiger partial charge in [-0.15, -0.1) is 12.4 Å². The number of rotatable bonds is 13. The Morgan fingerprint density at radius 3 is 2.05 bits per heavy atom. The van der Waals surface area contributed by atoms with Crippen molar-refractivity contribution in [3.63, 3.8) is 0 Å². The molecule has 0 fully saturated rings. The molecule has 0 N–H and O–H groups in total. The molecule has 1 heterocycles. The van der Waals surface area contributed by atoms with Gasteiger partial charge in [0, 0.05) is 30.8 Å². The molecule has 1 atom stereocenters. The minimum Gasteiger partial charge on any atom is -0.300 e. The van der Waals surface area contributed by atoms with Crippen molar-refractivity contribution in [1.82, 2.24) is 4.90 Å². The lowest BCUT2D eigenvalue weighted by Crippen LogP contribution is -2.36. The Bertz CT molecular complexity index is 1400. The first kappa shape index (κ1) is 32.6. The molecule has 226 valence electrons. The third-order valence-corrected chi connectivity index (χ3v) is 9.14. The highest BCUT2D eigenvalue weighted by molar-refractivity contribution is 5.85. The number of hydrogen-bond acceptors (Lipinski definition) is 2. The van der Waals surface area contributed by atoms with Crippen molar-refractivity contribution >= 4 is 18.2 Å². The molecule has 0 amide bonds. The van der Waals surface area contributed by atoms with Crippen molar-refractivity contribution in [2.75, 3.05) is 13.1 Å². The number of benzene rings is 4. The molecule has 1 aliphatic rings. The van der Waals surface area contributed by atoms with E-state index in [0.717, 1.165) is 56.3 Å². The topological polar surface area (TPSA) is 20.3 Å². The van der Waals surface area contributed by atoms with Crippen LogP contribution in [0.2, 0.25) is 0 Å². The van der Waals surface area contributed by atoms with E-state index in [4.69, 9.17) is 0 Å². The van der Waals surface area contributed by atoms with E-state index in [9.17, 15) is 13.6 Å². The zero-order valence-electron chi connectivity index (χ0n) is 25.0. The van der Waals surface area contributed by atoms with Crippen LogP contribution in [-0.2, 0) is 23.1 Å². The van der Waals surface area contributed by atoms with Gasteiger partial charge < -0.3 is 0 Å². The molecule has 0 saturated carbocycles. The largest absolute Gasteiger partial charge is 0.300 e. The molecule has 2 nitrogen and oxygen atoms in total. The number of ketones is 1. The summed E-state index contributed by atoms with van der Waals surface area (Å²) in [6.45, 7) is 4.11. The molecule has 1 unspecified atom stereocenters. The van der Waals surface area contributed by atoms with Crippen LogP contribution in [0.4, 0.5) is 8.78 Å². The van der Waals surface area contributed by atoms with Gasteiger partial charge in [-0.2, -0.15) is 0 Å². The number of carbonyl (C=O) groups excluding carboxylic acids is 1. The summed E-state index contributed by atoms with van der Waals surface area (Å²) in [4.78, 5) is 15.4. The number of carbonyl (C=O) groups is 1. The van der Waals surface area contributed by atoms with E-state index < -0.39 is 0 Å². The van der Waals surface area contributed by atoms with Crippen LogP contribution >= 0.6 is 12.4 Å². The molecular weight excluding hydrogens is 560 g/mol. The number of Topliss-reactive ketones (excluding diaryl/α,β-unsaturated/α-hetero) is 1. The van der Waals surface area contributed by atoms with E-state index in [1.54, 1.807) is 24.3 Å². The first-order valence-electron chi connectivity index (χ1n) is 15.3. The summed E-state index contributed by atoms with van der Waals surface area (Å²) in [5.74, 6) is -0.166. The average molecular weight is 602 g/mol. The first-order chi connectivity index (χ1) is 20.4. The van der Waals surface area contributed by atoms with Crippen LogP contribution in [0.3, 0.4) is 0 Å². The lowest BCUT2D eigenvalue weighted by Gasteiger charge is -2.38. The van der Waals surface area contributed by atoms with E-state index >= 15 is 0 Å². The van der Waals surface area contributed by atoms with Crippen LogP contribution < -0.4 is 0 Å². The summed E-state index contributed by atoms with van der Waals surface area (Å²) in [5.41, 5.74) is 5.72. The van der Waals surface area contributed by atoms with Crippen LogP contribution in [0.1, 0.15) is 79.3 Å². The predicted molar refractivity (Wildman–Crippen MR) is 174 cm³/mol. The van der Waals surface area contributed by atoms with Crippen molar-refractivity contribution < 1.29 is 13.6 Å². The molecule has 5 heteroatoms. The molecule has 0 spiro atoms. The lowest BCUT2D eigenvalue weighted by molar-refractivity contribution is -0.119. The monoisotopic (exact) mass is 601 g/mol. The molecular formula is C38H42ClF2NO. The van der Waals surface area contributed by atoms with Gasteiger partial charge in [0.2, 0.25) is 0 Å². The maximum Gasteiger partial charge on any atom is 0.133 e. The van der Waals surface area contributed by atoms with E-state index in [1.165, 1.54) is 28.8 Å². The Kier molecular flexibility index (Phi) is 11.7. The first-order valence-corrected chi connectivity index (χ1v) is 15.3. The lowest BCUT2D eigenvalue weighted by atomic mass is 9.68. The predicted octanol–water partition coefficient (Wildman–Crippen LogP) is 9.44. The number of fused-ring (bicyclic) bond motifs is 1. The van der Waals surface area contributed by atoms with Gasteiger partial charge in [0.05, 0.1) is 0 Å². The quantitative estimate of drug-likeness (QED) is 0.152. The fourth-order valence-electron chi connectivity index (χ4n) is 6.76. The molecule has 4 aromatic rings. The van der Waals surface area contributed by atoms with Crippen LogP contribution in [-0.4, -0.2) is 23.8 Å². The second-order valence-corrected chi connectivity index (χ2v) is 11.7. The molecule has 0 radical (unpaired) electrons. The highest BCUT2D eigenvalue weighted by Gasteiger charge is 2.34. The number of hydrogen-bond donors (Lipinski definition) is 0. The van der Waals surface area contributed by atoms with Gasteiger partial charge in [0.1, 0.15) is 17.4 Å². The van der Waals surface area contributed by atoms with Crippen LogP contribution in [0.15, 0.2) is 103 Å². The summed E-state index contributed by atoms with van der Waals surface area (Å²) in [5, 5.41) is 0. The third-order valence-electron chi connectivity index (χ3n) is 9.14. The van der Waals surface area contributed by atoms with E-state index in [1.807, 2.05) is 6.07 Å². The Morgan fingerprint density at radius 2 is 1.40 bits per heavy atom. The molecule has 0 bridgehead atoms. The highest BCUT2D eigenvalue weighted by Crippen LogP contribution is 2.42. The summed E-state index contributed by atoms with van der Waals surface area (Å²) in [7, 11) is 0. The zero-order chi connectivity index (χ0) is 29.4. The summed E-state index contributed by atoms with van der Waals surface area (Å²) < 4.78 is 27.3. The summed E-state index contributed by atoms with van der Waals surface area (Å²) in [6.07, 6.45) is 6.25. The minimum atomic E-state index is -0.253. The molecule has 1 aliphatic heterocycles. The highest BCUT2D eigenvalue weighted by atomic mass is 35.5. The minimum absolute atomic E-state index is 0. The van der Waals surface area contributed by atoms with Crippen molar-refractivity contribution in [3.05, 3.63) is 143 Å².